The maximum atomic E-state index is 11.1. The van der Waals surface area contributed by atoms with Crippen LogP contribution >= 0.6 is 11.3 Å². The van der Waals surface area contributed by atoms with Crippen molar-refractivity contribution < 1.29 is 14.8 Å². The number of phenolic OH excluding ortho intramolecular Hbond substituents is 1. The van der Waals surface area contributed by atoms with E-state index in [0.29, 0.717) is 16.4 Å². The quantitative estimate of drug-likeness (QED) is 0.373. The molecule has 0 aliphatic heterocycles. The zero-order valence-corrected chi connectivity index (χ0v) is 15.4. The maximum absolute atomic E-state index is 11.1. The molecule has 2 N–H and O–H groups in total. The number of hydrogen-bond donors (Lipinski definition) is 2. The number of aromatic hydroxyl groups is 1. The minimum atomic E-state index is -0.492. The lowest BCUT2D eigenvalue weighted by atomic mass is 10.1. The summed E-state index contributed by atoms with van der Waals surface area (Å²) in [5.41, 5.74) is 5.56. The number of aromatic nitrogens is 1. The third-order valence-electron chi connectivity index (χ3n) is 3.78. The van der Waals surface area contributed by atoms with E-state index < -0.39 is 4.92 Å². The Labute approximate surface area is 158 Å². The summed E-state index contributed by atoms with van der Waals surface area (Å²) < 4.78 is 5.00. The number of nitrogens with zero attached hydrogens (tertiary/aromatic N) is 3. The van der Waals surface area contributed by atoms with Gasteiger partial charge in [0, 0.05) is 22.6 Å². The predicted molar refractivity (Wildman–Crippen MR) is 105 cm³/mol. The first kappa shape index (κ1) is 18.3. The summed E-state index contributed by atoms with van der Waals surface area (Å²) in [4.78, 5) is 15.1. The fraction of sp³-hybridized carbons (Fsp3) is 0.111. The van der Waals surface area contributed by atoms with Crippen molar-refractivity contribution in [2.24, 2.45) is 5.10 Å². The first-order chi connectivity index (χ1) is 13.0. The van der Waals surface area contributed by atoms with Crippen molar-refractivity contribution in [2.45, 2.75) is 6.92 Å². The Hall–Kier alpha value is -3.46. The number of nitro benzene ring substituents is 1. The van der Waals surface area contributed by atoms with Crippen LogP contribution in [0.5, 0.6) is 11.5 Å². The van der Waals surface area contributed by atoms with Crippen LogP contribution in [0.1, 0.15) is 12.5 Å². The minimum Gasteiger partial charge on any atom is -0.508 e. The lowest BCUT2D eigenvalue weighted by Gasteiger charge is -2.05. The molecule has 3 aromatic rings. The molecule has 0 aliphatic rings. The molecule has 1 aromatic heterocycles. The van der Waals surface area contributed by atoms with Crippen molar-refractivity contribution in [1.82, 2.24) is 4.98 Å². The molecule has 0 spiro atoms. The summed E-state index contributed by atoms with van der Waals surface area (Å²) in [7, 11) is 1.39. The summed E-state index contributed by atoms with van der Waals surface area (Å²) in [6.07, 6.45) is 0. The third kappa shape index (κ3) is 4.21. The average molecular weight is 384 g/mol. The Morgan fingerprint density at radius 2 is 2.04 bits per heavy atom. The van der Waals surface area contributed by atoms with Crippen LogP contribution < -0.4 is 10.2 Å². The Balaban J connectivity index is 1.77. The van der Waals surface area contributed by atoms with Crippen LogP contribution in [0.2, 0.25) is 0 Å². The van der Waals surface area contributed by atoms with Crippen LogP contribution in [0.4, 0.5) is 10.8 Å². The van der Waals surface area contributed by atoms with Crippen molar-refractivity contribution >= 4 is 27.9 Å². The number of hydrogen-bond acceptors (Lipinski definition) is 8. The molecule has 1 heterocycles. The van der Waals surface area contributed by atoms with Gasteiger partial charge in [0.1, 0.15) is 5.75 Å². The molecular weight excluding hydrogens is 368 g/mol. The van der Waals surface area contributed by atoms with Gasteiger partial charge >= 0.3 is 5.69 Å². The summed E-state index contributed by atoms with van der Waals surface area (Å²) in [5.74, 6) is 0.393. The molecule has 8 nitrogen and oxygen atoms in total. The summed E-state index contributed by atoms with van der Waals surface area (Å²) in [6, 6.07) is 11.4. The molecule has 9 heteroatoms. The van der Waals surface area contributed by atoms with Gasteiger partial charge in [-0.25, -0.2) is 4.98 Å². The van der Waals surface area contributed by atoms with E-state index in [0.717, 1.165) is 11.3 Å². The molecule has 0 aliphatic carbocycles. The van der Waals surface area contributed by atoms with Gasteiger partial charge in [-0.3, -0.25) is 15.5 Å². The van der Waals surface area contributed by atoms with Crippen LogP contribution in [0.3, 0.4) is 0 Å². The summed E-state index contributed by atoms with van der Waals surface area (Å²) in [6.45, 7) is 1.74. The second-order valence-corrected chi connectivity index (χ2v) is 6.40. The van der Waals surface area contributed by atoms with Crippen molar-refractivity contribution in [2.75, 3.05) is 12.5 Å². The number of methoxy groups -OCH3 is 1. The van der Waals surface area contributed by atoms with Gasteiger partial charge in [0.25, 0.3) is 0 Å². The number of nitrogens with one attached hydrogen (secondary N) is 1. The Morgan fingerprint density at radius 3 is 2.70 bits per heavy atom. The van der Waals surface area contributed by atoms with Gasteiger partial charge in [-0.15, -0.1) is 11.3 Å². The van der Waals surface area contributed by atoms with Gasteiger partial charge in [-0.1, -0.05) is 0 Å². The molecule has 0 unspecified atom stereocenters. The zero-order chi connectivity index (χ0) is 19.4. The SMILES string of the molecule is COc1ccc(C(C)=NNc2nc(-c3ccc(O)cc3)cs2)cc1[N+](=O)[O-]. The van der Waals surface area contributed by atoms with E-state index in [2.05, 4.69) is 15.5 Å². The average Bonchev–Trinajstić information content (AvgIpc) is 3.15. The van der Waals surface area contributed by atoms with Crippen molar-refractivity contribution in [1.29, 1.82) is 0 Å². The van der Waals surface area contributed by atoms with Crippen LogP contribution in [-0.4, -0.2) is 27.8 Å². The van der Waals surface area contributed by atoms with Crippen molar-refractivity contribution in [3.63, 3.8) is 0 Å². The van der Waals surface area contributed by atoms with Gasteiger partial charge in [-0.05, 0) is 43.3 Å². The van der Waals surface area contributed by atoms with Crippen LogP contribution in [0, 0.1) is 10.1 Å². The molecule has 0 atom stereocenters. The number of thiazole rings is 1. The molecule has 0 radical (unpaired) electrons. The van der Waals surface area contributed by atoms with E-state index in [9.17, 15) is 15.2 Å². The number of rotatable bonds is 6. The standard InChI is InChI=1S/C18H16N4O4S/c1-11(13-5-8-17(26-2)16(9-13)22(24)25)20-21-18-19-15(10-27-18)12-3-6-14(23)7-4-12/h3-10,23H,1-2H3,(H,19,21). The Kier molecular flexibility index (Phi) is 5.32. The third-order valence-corrected chi connectivity index (χ3v) is 4.53. The first-order valence-electron chi connectivity index (χ1n) is 7.86. The van der Waals surface area contributed by atoms with Crippen LogP contribution in [-0.2, 0) is 0 Å². The number of phenols is 1. The number of ether oxygens (including phenoxy) is 1. The Morgan fingerprint density at radius 1 is 1.30 bits per heavy atom. The monoisotopic (exact) mass is 384 g/mol. The van der Waals surface area contributed by atoms with E-state index >= 15 is 0 Å². The highest BCUT2D eigenvalue weighted by molar-refractivity contribution is 7.14. The number of nitro groups is 1. The van der Waals surface area contributed by atoms with Gasteiger partial charge in [0.15, 0.2) is 5.75 Å². The van der Waals surface area contributed by atoms with Crippen LogP contribution in [0.25, 0.3) is 11.3 Å². The van der Waals surface area contributed by atoms with Crippen LogP contribution in [0.15, 0.2) is 52.9 Å². The molecule has 0 bridgehead atoms. The largest absolute Gasteiger partial charge is 0.508 e. The van der Waals surface area contributed by atoms with Gasteiger partial charge < -0.3 is 9.84 Å². The van der Waals surface area contributed by atoms with Gasteiger partial charge in [-0.2, -0.15) is 5.10 Å². The number of hydrazone groups is 1. The smallest absolute Gasteiger partial charge is 0.311 e. The van der Waals surface area contributed by atoms with E-state index in [1.807, 2.05) is 5.38 Å². The topological polar surface area (TPSA) is 110 Å². The normalized spacial score (nSPS) is 11.3. The highest BCUT2D eigenvalue weighted by atomic mass is 32.1. The van der Waals surface area contributed by atoms with Crippen molar-refractivity contribution in [3.05, 3.63) is 63.5 Å². The molecule has 0 fully saturated rings. The van der Waals surface area contributed by atoms with E-state index in [4.69, 9.17) is 4.74 Å². The molecule has 27 heavy (non-hydrogen) atoms. The lowest BCUT2D eigenvalue weighted by Crippen LogP contribution is -2.02. The number of benzene rings is 2. The van der Waals surface area contributed by atoms with E-state index in [1.165, 1.54) is 24.5 Å². The predicted octanol–water partition coefficient (Wildman–Crippen LogP) is 4.27. The highest BCUT2D eigenvalue weighted by Crippen LogP contribution is 2.28. The minimum absolute atomic E-state index is 0.117. The fourth-order valence-electron chi connectivity index (χ4n) is 2.34. The molecule has 0 saturated carbocycles. The molecule has 3 rings (SSSR count). The maximum Gasteiger partial charge on any atom is 0.311 e. The molecular formula is C18H16N4O4S. The molecule has 2 aromatic carbocycles. The first-order valence-corrected chi connectivity index (χ1v) is 8.74. The van der Waals surface area contributed by atoms with Gasteiger partial charge in [0.2, 0.25) is 5.13 Å². The van der Waals surface area contributed by atoms with Crippen molar-refractivity contribution in [3.8, 4) is 22.8 Å². The molecule has 138 valence electrons. The summed E-state index contributed by atoms with van der Waals surface area (Å²) in [5, 5.41) is 27.2. The second kappa shape index (κ2) is 7.83. The number of anilines is 1. The molecule has 0 amide bonds. The van der Waals surface area contributed by atoms with E-state index in [1.54, 1.807) is 43.3 Å². The lowest BCUT2D eigenvalue weighted by molar-refractivity contribution is -0.385. The fourth-order valence-corrected chi connectivity index (χ4v) is 3.01. The second-order valence-electron chi connectivity index (χ2n) is 5.54. The highest BCUT2D eigenvalue weighted by Gasteiger charge is 2.16. The Bertz CT molecular complexity index is 999. The molecule has 0 saturated heterocycles. The van der Waals surface area contributed by atoms with Gasteiger partial charge in [0.05, 0.1) is 23.4 Å². The zero-order valence-electron chi connectivity index (χ0n) is 14.5. The summed E-state index contributed by atoms with van der Waals surface area (Å²) >= 11 is 1.38. The van der Waals surface area contributed by atoms with E-state index in [-0.39, 0.29) is 17.2 Å².